The standard InChI is InChI=1S/C18H20N2OS/c1-14-7-5-6-10-16(14)22-17-11-12-20(17)18(21)19-13-15-8-3-2-4-9-15/h2-10,17H,11-13H2,1H3,(H,19,21). The summed E-state index contributed by atoms with van der Waals surface area (Å²) in [5, 5.41) is 3.25. The Morgan fingerprint density at radius 1 is 1.18 bits per heavy atom. The van der Waals surface area contributed by atoms with E-state index in [2.05, 4.69) is 24.4 Å². The molecule has 0 aliphatic carbocycles. The van der Waals surface area contributed by atoms with Gasteiger partial charge in [0, 0.05) is 18.0 Å². The number of carbonyl (C=O) groups excluding carboxylic acids is 1. The van der Waals surface area contributed by atoms with E-state index in [1.54, 1.807) is 11.8 Å². The third-order valence-corrected chi connectivity index (χ3v) is 5.34. The van der Waals surface area contributed by atoms with Gasteiger partial charge in [-0.2, -0.15) is 0 Å². The molecule has 0 aromatic heterocycles. The van der Waals surface area contributed by atoms with E-state index in [0.717, 1.165) is 18.5 Å². The number of urea groups is 1. The number of nitrogens with one attached hydrogen (secondary N) is 1. The summed E-state index contributed by atoms with van der Waals surface area (Å²) >= 11 is 1.78. The number of likely N-dealkylation sites (tertiary alicyclic amines) is 1. The predicted molar refractivity (Wildman–Crippen MR) is 90.8 cm³/mol. The highest BCUT2D eigenvalue weighted by Crippen LogP contribution is 2.35. The molecule has 4 heteroatoms. The second-order valence-electron chi connectivity index (χ2n) is 5.46. The topological polar surface area (TPSA) is 32.3 Å². The lowest BCUT2D eigenvalue weighted by Crippen LogP contribution is -2.53. The van der Waals surface area contributed by atoms with E-state index in [-0.39, 0.29) is 11.4 Å². The van der Waals surface area contributed by atoms with Gasteiger partial charge in [0.2, 0.25) is 0 Å². The number of hydrogen-bond acceptors (Lipinski definition) is 2. The molecule has 2 aromatic rings. The van der Waals surface area contributed by atoms with Crippen LogP contribution in [0.4, 0.5) is 4.79 Å². The van der Waals surface area contributed by atoms with Gasteiger partial charge in [-0.25, -0.2) is 4.79 Å². The van der Waals surface area contributed by atoms with Crippen molar-refractivity contribution in [2.24, 2.45) is 0 Å². The molecule has 1 fully saturated rings. The lowest BCUT2D eigenvalue weighted by molar-refractivity contribution is 0.154. The van der Waals surface area contributed by atoms with Gasteiger partial charge in [-0.15, -0.1) is 11.8 Å². The zero-order chi connectivity index (χ0) is 15.4. The maximum absolute atomic E-state index is 12.3. The monoisotopic (exact) mass is 312 g/mol. The molecular weight excluding hydrogens is 292 g/mol. The van der Waals surface area contributed by atoms with Crippen LogP contribution < -0.4 is 5.32 Å². The van der Waals surface area contributed by atoms with Crippen molar-refractivity contribution in [2.75, 3.05) is 6.54 Å². The highest BCUT2D eigenvalue weighted by molar-refractivity contribution is 8.00. The second kappa shape index (κ2) is 6.88. The Kier molecular flexibility index (Phi) is 4.68. The first-order chi connectivity index (χ1) is 10.7. The highest BCUT2D eigenvalue weighted by atomic mass is 32.2. The van der Waals surface area contributed by atoms with E-state index in [0.29, 0.717) is 6.54 Å². The average Bonchev–Trinajstić information content (AvgIpc) is 2.52. The molecule has 0 saturated carbocycles. The number of thioether (sulfide) groups is 1. The highest BCUT2D eigenvalue weighted by Gasteiger charge is 2.33. The molecule has 3 rings (SSSR count). The molecule has 0 bridgehead atoms. The zero-order valence-corrected chi connectivity index (χ0v) is 13.5. The minimum atomic E-state index is 0.0289. The summed E-state index contributed by atoms with van der Waals surface area (Å²) in [5.41, 5.74) is 2.39. The number of aryl methyl sites for hydroxylation is 1. The normalized spacial score (nSPS) is 17.0. The van der Waals surface area contributed by atoms with Crippen LogP contribution >= 0.6 is 11.8 Å². The second-order valence-corrected chi connectivity index (χ2v) is 6.68. The van der Waals surface area contributed by atoms with Crippen molar-refractivity contribution in [3.8, 4) is 0 Å². The van der Waals surface area contributed by atoms with Crippen LogP contribution in [0.2, 0.25) is 0 Å². The molecule has 1 heterocycles. The first-order valence-electron chi connectivity index (χ1n) is 7.55. The molecule has 1 atom stereocenters. The molecule has 1 aliphatic rings. The quantitative estimate of drug-likeness (QED) is 0.924. The summed E-state index contributed by atoms with van der Waals surface area (Å²) in [6.45, 7) is 3.53. The van der Waals surface area contributed by atoms with Crippen LogP contribution in [-0.4, -0.2) is 22.8 Å². The Balaban J connectivity index is 1.54. The van der Waals surface area contributed by atoms with Crippen LogP contribution in [0, 0.1) is 6.92 Å². The summed E-state index contributed by atoms with van der Waals surface area (Å²) < 4.78 is 0. The van der Waals surface area contributed by atoms with Gasteiger partial charge in [-0.1, -0.05) is 48.5 Å². The summed E-state index contributed by atoms with van der Waals surface area (Å²) in [5.74, 6) is 0. The summed E-state index contributed by atoms with van der Waals surface area (Å²) in [6, 6.07) is 18.4. The van der Waals surface area contributed by atoms with Crippen molar-refractivity contribution in [1.82, 2.24) is 10.2 Å². The lowest BCUT2D eigenvalue weighted by atomic mass is 10.2. The number of rotatable bonds is 4. The average molecular weight is 312 g/mol. The SMILES string of the molecule is Cc1ccccc1SC1CCN1C(=O)NCc1ccccc1. The van der Waals surface area contributed by atoms with Crippen LogP contribution in [0.1, 0.15) is 17.5 Å². The van der Waals surface area contributed by atoms with Gasteiger partial charge >= 0.3 is 6.03 Å². The van der Waals surface area contributed by atoms with E-state index in [1.165, 1.54) is 10.5 Å². The fourth-order valence-corrected chi connectivity index (χ4v) is 3.68. The van der Waals surface area contributed by atoms with Crippen LogP contribution in [0.15, 0.2) is 59.5 Å². The lowest BCUT2D eigenvalue weighted by Gasteiger charge is -2.40. The molecule has 22 heavy (non-hydrogen) atoms. The Hall–Kier alpha value is -1.94. The van der Waals surface area contributed by atoms with Crippen LogP contribution in [0.5, 0.6) is 0 Å². The number of hydrogen-bond donors (Lipinski definition) is 1. The molecule has 1 aliphatic heterocycles. The fourth-order valence-electron chi connectivity index (χ4n) is 2.43. The van der Waals surface area contributed by atoms with E-state index in [4.69, 9.17) is 0 Å². The first kappa shape index (κ1) is 15.0. The summed E-state index contributed by atoms with van der Waals surface area (Å²) in [7, 11) is 0. The molecule has 2 amide bonds. The van der Waals surface area contributed by atoms with Crippen molar-refractivity contribution >= 4 is 17.8 Å². The first-order valence-corrected chi connectivity index (χ1v) is 8.43. The van der Waals surface area contributed by atoms with Crippen molar-refractivity contribution < 1.29 is 4.79 Å². The Morgan fingerprint density at radius 2 is 1.91 bits per heavy atom. The van der Waals surface area contributed by atoms with Crippen LogP contribution in [-0.2, 0) is 6.54 Å². The molecule has 1 unspecified atom stereocenters. The van der Waals surface area contributed by atoms with Gasteiger partial charge in [0.25, 0.3) is 0 Å². The molecule has 0 spiro atoms. The van der Waals surface area contributed by atoms with Crippen LogP contribution in [0.25, 0.3) is 0 Å². The van der Waals surface area contributed by atoms with Gasteiger partial charge in [-0.3, -0.25) is 0 Å². The predicted octanol–water partition coefficient (Wildman–Crippen LogP) is 4.03. The Labute approximate surface area is 135 Å². The molecule has 2 aromatic carbocycles. The number of carbonyl (C=O) groups is 1. The molecule has 1 saturated heterocycles. The van der Waals surface area contributed by atoms with Gasteiger partial charge in [0.05, 0.1) is 5.37 Å². The smallest absolute Gasteiger partial charge is 0.318 e. The summed E-state index contributed by atoms with van der Waals surface area (Å²) in [4.78, 5) is 15.5. The maximum Gasteiger partial charge on any atom is 0.318 e. The molecule has 0 radical (unpaired) electrons. The van der Waals surface area contributed by atoms with Crippen LogP contribution in [0.3, 0.4) is 0 Å². The van der Waals surface area contributed by atoms with Gasteiger partial charge < -0.3 is 10.2 Å². The summed E-state index contributed by atoms with van der Waals surface area (Å²) in [6.07, 6.45) is 1.05. The third kappa shape index (κ3) is 3.45. The van der Waals surface area contributed by atoms with Crippen molar-refractivity contribution in [1.29, 1.82) is 0 Å². The van der Waals surface area contributed by atoms with E-state index in [1.807, 2.05) is 47.4 Å². The third-order valence-electron chi connectivity index (χ3n) is 3.87. The van der Waals surface area contributed by atoms with Crippen molar-refractivity contribution in [3.05, 3.63) is 65.7 Å². The Bertz CT molecular complexity index is 645. The van der Waals surface area contributed by atoms with Gasteiger partial charge in [0.1, 0.15) is 0 Å². The van der Waals surface area contributed by atoms with Gasteiger partial charge in [-0.05, 0) is 30.5 Å². The van der Waals surface area contributed by atoms with E-state index >= 15 is 0 Å². The van der Waals surface area contributed by atoms with Gasteiger partial charge in [0.15, 0.2) is 0 Å². The number of nitrogens with zero attached hydrogens (tertiary/aromatic N) is 1. The fraction of sp³-hybridized carbons (Fsp3) is 0.278. The maximum atomic E-state index is 12.3. The minimum absolute atomic E-state index is 0.0289. The van der Waals surface area contributed by atoms with E-state index < -0.39 is 0 Å². The molecule has 3 nitrogen and oxygen atoms in total. The Morgan fingerprint density at radius 3 is 2.59 bits per heavy atom. The van der Waals surface area contributed by atoms with E-state index in [9.17, 15) is 4.79 Å². The number of amides is 2. The molecule has 114 valence electrons. The van der Waals surface area contributed by atoms with Crippen molar-refractivity contribution in [2.45, 2.75) is 30.2 Å². The number of benzene rings is 2. The van der Waals surface area contributed by atoms with Crippen molar-refractivity contribution in [3.63, 3.8) is 0 Å². The zero-order valence-electron chi connectivity index (χ0n) is 12.7. The molecule has 1 N–H and O–H groups in total. The minimum Gasteiger partial charge on any atom is -0.334 e. The molecular formula is C18H20N2OS. The largest absolute Gasteiger partial charge is 0.334 e.